The van der Waals surface area contributed by atoms with Gasteiger partial charge < -0.3 is 4.90 Å². The molecule has 1 unspecified atom stereocenters. The average molecular weight is 545 g/mol. The van der Waals surface area contributed by atoms with Crippen LogP contribution in [0.4, 0.5) is 5.69 Å². The first-order valence-electron chi connectivity index (χ1n) is 12.6. The van der Waals surface area contributed by atoms with Crippen LogP contribution in [0.5, 0.6) is 0 Å². The maximum Gasteiger partial charge on any atom is 0.272 e. The van der Waals surface area contributed by atoms with E-state index in [1.165, 1.54) is 5.56 Å². The van der Waals surface area contributed by atoms with Crippen molar-refractivity contribution in [3.8, 4) is 0 Å². The molecule has 1 aliphatic rings. The van der Waals surface area contributed by atoms with E-state index in [2.05, 4.69) is 34.1 Å². The summed E-state index contributed by atoms with van der Waals surface area (Å²) in [6, 6.07) is 30.7. The molecular weight excluding hydrogens is 516 g/mol. The number of carbonyl (C=O) groups excluding carboxylic acids is 1. The Morgan fingerprint density at radius 2 is 1.47 bits per heavy atom. The van der Waals surface area contributed by atoms with Gasteiger partial charge in [0.1, 0.15) is 5.69 Å². The molecule has 0 bridgehead atoms. The fraction of sp³-hybridized carbons (Fsp3) is 0.200. The zero-order valence-electron chi connectivity index (χ0n) is 20.9. The van der Waals surface area contributed by atoms with Crippen molar-refractivity contribution in [3.05, 3.63) is 125 Å². The van der Waals surface area contributed by atoms with Gasteiger partial charge in [0, 0.05) is 37.7 Å². The summed E-state index contributed by atoms with van der Waals surface area (Å²) in [6.45, 7) is 4.26. The van der Waals surface area contributed by atoms with E-state index in [1.54, 1.807) is 16.6 Å². The molecule has 5 rings (SSSR count). The van der Waals surface area contributed by atoms with Crippen LogP contribution in [-0.4, -0.2) is 51.1 Å². The largest absolute Gasteiger partial charge is 0.335 e. The van der Waals surface area contributed by atoms with Crippen molar-refractivity contribution < 1.29 is 9.00 Å². The summed E-state index contributed by atoms with van der Waals surface area (Å²) in [6.07, 6.45) is 1.63. The second-order valence-electron chi connectivity index (χ2n) is 9.18. The minimum Gasteiger partial charge on any atom is -0.335 e. The maximum absolute atomic E-state index is 13.5. The lowest BCUT2D eigenvalue weighted by molar-refractivity contribution is 0.0623. The van der Waals surface area contributed by atoms with E-state index in [4.69, 9.17) is 11.6 Å². The van der Waals surface area contributed by atoms with Gasteiger partial charge in [0.05, 0.1) is 23.3 Å². The molecule has 0 aliphatic carbocycles. The molecule has 4 aromatic rings. The number of pyridine rings is 1. The lowest BCUT2D eigenvalue weighted by atomic mass is 10.2. The van der Waals surface area contributed by atoms with Gasteiger partial charge in [-0.2, -0.15) is 0 Å². The van der Waals surface area contributed by atoms with Crippen LogP contribution in [0, 0.1) is 0 Å². The highest BCUT2D eigenvalue weighted by Crippen LogP contribution is 2.24. The summed E-state index contributed by atoms with van der Waals surface area (Å²) >= 11 is 6.06. The molecule has 0 spiro atoms. The van der Waals surface area contributed by atoms with E-state index < -0.39 is 11.0 Å². The molecule has 3 aromatic carbocycles. The van der Waals surface area contributed by atoms with Gasteiger partial charge >= 0.3 is 0 Å². The summed E-state index contributed by atoms with van der Waals surface area (Å²) in [4.78, 5) is 22.6. The fourth-order valence-electron chi connectivity index (χ4n) is 4.44. The third-order valence-electron chi connectivity index (χ3n) is 6.55. The molecule has 0 saturated carbocycles. The van der Waals surface area contributed by atoms with E-state index >= 15 is 0 Å². The Morgan fingerprint density at radius 3 is 2.11 bits per heavy atom. The monoisotopic (exact) mass is 544 g/mol. The van der Waals surface area contributed by atoms with E-state index in [-0.39, 0.29) is 5.91 Å². The lowest BCUT2D eigenvalue weighted by Gasteiger charge is -2.34. The van der Waals surface area contributed by atoms with Crippen molar-refractivity contribution in [1.29, 1.82) is 0 Å². The van der Waals surface area contributed by atoms with Gasteiger partial charge in [0.25, 0.3) is 5.91 Å². The molecule has 0 N–H and O–H groups in total. The predicted octanol–water partition coefficient (Wildman–Crippen LogP) is 5.42. The summed E-state index contributed by atoms with van der Waals surface area (Å²) in [5.74, 6) is -0.0793. The minimum absolute atomic E-state index is 0.0793. The number of amides is 1. The zero-order valence-corrected chi connectivity index (χ0v) is 22.5. The molecule has 2 heterocycles. The normalized spacial score (nSPS) is 14.7. The number of carbonyl (C=O) groups is 1. The number of piperazine rings is 1. The quantitative estimate of drug-likeness (QED) is 0.297. The summed E-state index contributed by atoms with van der Waals surface area (Å²) in [5.41, 5.74) is 3.31. The predicted molar refractivity (Wildman–Crippen MR) is 152 cm³/mol. The number of nitrogens with zero attached hydrogens (tertiary/aromatic N) is 4. The van der Waals surface area contributed by atoms with Crippen molar-refractivity contribution >= 4 is 34.2 Å². The van der Waals surface area contributed by atoms with Gasteiger partial charge in [-0.3, -0.25) is 14.0 Å². The Bertz CT molecular complexity index is 1360. The third-order valence-corrected chi connectivity index (χ3v) is 8.22. The Kier molecular flexibility index (Phi) is 8.48. The van der Waals surface area contributed by atoms with Gasteiger partial charge in [0.15, 0.2) is 11.0 Å². The molecule has 1 aliphatic heterocycles. The van der Waals surface area contributed by atoms with Crippen molar-refractivity contribution in [3.63, 3.8) is 0 Å². The number of benzene rings is 3. The Balaban J connectivity index is 1.27. The first-order valence-corrected chi connectivity index (χ1v) is 14.1. The summed E-state index contributed by atoms with van der Waals surface area (Å²) < 4.78 is 15.3. The van der Waals surface area contributed by atoms with E-state index in [1.807, 2.05) is 71.6 Å². The second kappa shape index (κ2) is 12.3. The molecule has 1 aromatic heterocycles. The maximum atomic E-state index is 13.5. The molecule has 1 saturated heterocycles. The number of halogens is 1. The van der Waals surface area contributed by atoms with Crippen LogP contribution in [0.1, 0.15) is 21.6 Å². The molecule has 6 nitrogen and oxygen atoms in total. The number of aromatic nitrogens is 1. The molecule has 194 valence electrons. The van der Waals surface area contributed by atoms with Crippen molar-refractivity contribution in [1.82, 2.24) is 14.8 Å². The van der Waals surface area contributed by atoms with Crippen molar-refractivity contribution in [2.45, 2.75) is 18.0 Å². The van der Waals surface area contributed by atoms with Crippen LogP contribution >= 0.6 is 11.6 Å². The number of hydrogen-bond donors (Lipinski definition) is 0. The third kappa shape index (κ3) is 6.48. The number of hydrogen-bond acceptors (Lipinski definition) is 4. The topological polar surface area (TPSA) is 56.8 Å². The smallest absolute Gasteiger partial charge is 0.272 e. The molecule has 0 radical (unpaired) electrons. The summed E-state index contributed by atoms with van der Waals surface area (Å²) in [5, 5.41) is 0.648. The summed E-state index contributed by atoms with van der Waals surface area (Å²) in [7, 11) is -1.46. The van der Waals surface area contributed by atoms with Crippen LogP contribution in [0.25, 0.3) is 0 Å². The molecule has 1 fully saturated rings. The highest BCUT2D eigenvalue weighted by molar-refractivity contribution is 7.86. The van der Waals surface area contributed by atoms with Crippen LogP contribution in [-0.2, 0) is 24.1 Å². The Morgan fingerprint density at radius 1 is 0.816 bits per heavy atom. The van der Waals surface area contributed by atoms with Gasteiger partial charge in [-0.1, -0.05) is 72.3 Å². The first kappa shape index (κ1) is 26.1. The van der Waals surface area contributed by atoms with Crippen LogP contribution in [0.2, 0.25) is 5.02 Å². The van der Waals surface area contributed by atoms with E-state index in [0.717, 1.165) is 25.2 Å². The Labute approximate surface area is 231 Å². The van der Waals surface area contributed by atoms with Gasteiger partial charge in [-0.15, -0.1) is 0 Å². The molecule has 8 heteroatoms. The van der Waals surface area contributed by atoms with Crippen LogP contribution < -0.4 is 4.31 Å². The average Bonchev–Trinajstić information content (AvgIpc) is 2.98. The fourth-order valence-corrected chi connectivity index (χ4v) is 5.77. The van der Waals surface area contributed by atoms with Gasteiger partial charge in [-0.25, -0.2) is 9.19 Å². The van der Waals surface area contributed by atoms with Gasteiger partial charge in [-0.05, 0) is 47.5 Å². The lowest BCUT2D eigenvalue weighted by Crippen LogP contribution is -2.48. The van der Waals surface area contributed by atoms with E-state index in [0.29, 0.717) is 40.9 Å². The highest BCUT2D eigenvalue weighted by Gasteiger charge is 2.24. The highest BCUT2D eigenvalue weighted by atomic mass is 35.5. The standard InChI is InChI=1S/C30H29ClN4O2S/c31-26-13-11-25(12-14-26)23-35(38(37)28-9-5-2-6-10-28)27-15-16-29(32-21-27)30(36)34-19-17-33(18-20-34)22-24-7-3-1-4-8-24/h1-16,21H,17-20,22-23H2. The van der Waals surface area contributed by atoms with Crippen molar-refractivity contribution in [2.75, 3.05) is 30.5 Å². The minimum atomic E-state index is -1.46. The second-order valence-corrected chi connectivity index (χ2v) is 11.0. The van der Waals surface area contributed by atoms with Crippen molar-refractivity contribution in [2.24, 2.45) is 0 Å². The van der Waals surface area contributed by atoms with Crippen LogP contribution in [0.3, 0.4) is 0 Å². The molecule has 38 heavy (non-hydrogen) atoms. The Hall–Kier alpha value is -3.52. The number of anilines is 1. The molecule has 1 amide bonds. The van der Waals surface area contributed by atoms with E-state index in [9.17, 15) is 9.00 Å². The zero-order chi connectivity index (χ0) is 26.3. The van der Waals surface area contributed by atoms with Gasteiger partial charge in [0.2, 0.25) is 0 Å². The molecular formula is C30H29ClN4O2S. The number of rotatable bonds is 8. The SMILES string of the molecule is O=C(c1ccc(N(Cc2ccc(Cl)cc2)S(=O)c2ccccc2)cn1)N1CCN(Cc2ccccc2)CC1. The molecule has 1 atom stereocenters. The first-order chi connectivity index (χ1) is 18.6. The van der Waals surface area contributed by atoms with Crippen LogP contribution in [0.15, 0.2) is 108 Å².